The van der Waals surface area contributed by atoms with Gasteiger partial charge in [0.2, 0.25) is 11.6 Å². The minimum atomic E-state index is -1.14. The van der Waals surface area contributed by atoms with Gasteiger partial charge in [0.15, 0.2) is 0 Å². The van der Waals surface area contributed by atoms with E-state index < -0.39 is 11.9 Å². The molecule has 6 aromatic rings. The number of imidazole rings is 2. The second-order valence-corrected chi connectivity index (χ2v) is 11.3. The number of carboxylic acid groups (broad SMARTS) is 1. The van der Waals surface area contributed by atoms with Crippen LogP contribution >= 0.6 is 11.6 Å². The molecule has 0 atom stereocenters. The molecule has 0 aliphatic carbocycles. The fourth-order valence-corrected chi connectivity index (χ4v) is 4.95. The number of benzene rings is 1. The zero-order chi connectivity index (χ0) is 36.7. The first-order valence-corrected chi connectivity index (χ1v) is 15.6. The van der Waals surface area contributed by atoms with Gasteiger partial charge in [-0.05, 0) is 94.1 Å². The van der Waals surface area contributed by atoms with E-state index in [1.165, 1.54) is 4.57 Å². The Bertz CT molecular complexity index is 2450. The molecule has 0 fully saturated rings. The molecule has 6 rings (SSSR count). The van der Waals surface area contributed by atoms with Crippen molar-refractivity contribution in [1.82, 2.24) is 34.1 Å². The SMILES string of the molecule is Cc1ccc(-n2c(C(=O)O)nc(C#Cc3ccnc(Cl)c3)c2C)cn1.Cc1ccc(-n2c(C(N)=O)nc(C#Cc3cccc(C#N)c3)c2C)cn1. The van der Waals surface area contributed by atoms with Crippen LogP contribution in [0.2, 0.25) is 5.15 Å². The molecule has 13 heteroatoms. The average molecular weight is 694 g/mol. The predicted octanol–water partition coefficient (Wildman–Crippen LogP) is 5.29. The molecule has 5 heterocycles. The van der Waals surface area contributed by atoms with E-state index in [2.05, 4.69) is 54.7 Å². The monoisotopic (exact) mass is 693 g/mol. The van der Waals surface area contributed by atoms with Crippen LogP contribution in [0, 0.1) is 62.7 Å². The molecule has 51 heavy (non-hydrogen) atoms. The number of rotatable bonds is 4. The van der Waals surface area contributed by atoms with Crippen LogP contribution in [0.25, 0.3) is 11.4 Å². The van der Waals surface area contributed by atoms with Crippen molar-refractivity contribution < 1.29 is 14.7 Å². The van der Waals surface area contributed by atoms with E-state index in [1.807, 2.05) is 39.0 Å². The molecule has 0 spiro atoms. The van der Waals surface area contributed by atoms with Crippen LogP contribution in [0.5, 0.6) is 0 Å². The van der Waals surface area contributed by atoms with Crippen LogP contribution in [0.4, 0.5) is 0 Å². The van der Waals surface area contributed by atoms with Gasteiger partial charge in [-0.15, -0.1) is 0 Å². The van der Waals surface area contributed by atoms with Gasteiger partial charge in [0.05, 0.1) is 46.8 Å². The number of nitrogens with two attached hydrogens (primary N) is 1. The molecule has 0 aliphatic heterocycles. The summed E-state index contributed by atoms with van der Waals surface area (Å²) in [6.45, 7) is 7.32. The number of aryl methyl sites for hydroxylation is 2. The van der Waals surface area contributed by atoms with Crippen molar-refractivity contribution in [3.63, 3.8) is 0 Å². The topological polar surface area (TPSA) is 178 Å². The van der Waals surface area contributed by atoms with E-state index in [1.54, 1.807) is 72.5 Å². The summed E-state index contributed by atoms with van der Waals surface area (Å²) < 4.78 is 3.17. The molecule has 0 saturated heterocycles. The molecule has 0 bridgehead atoms. The largest absolute Gasteiger partial charge is 0.475 e. The van der Waals surface area contributed by atoms with Crippen molar-refractivity contribution in [2.45, 2.75) is 27.7 Å². The number of carboxylic acids is 1. The van der Waals surface area contributed by atoms with Crippen molar-refractivity contribution in [3.05, 3.63) is 147 Å². The summed E-state index contributed by atoms with van der Waals surface area (Å²) in [4.78, 5) is 44.2. The van der Waals surface area contributed by atoms with Gasteiger partial charge in [0, 0.05) is 28.7 Å². The Morgan fingerprint density at radius 2 is 1.25 bits per heavy atom. The van der Waals surface area contributed by atoms with Gasteiger partial charge >= 0.3 is 5.97 Å². The van der Waals surface area contributed by atoms with Gasteiger partial charge in [-0.2, -0.15) is 5.26 Å². The second-order valence-electron chi connectivity index (χ2n) is 11.0. The van der Waals surface area contributed by atoms with Gasteiger partial charge in [0.25, 0.3) is 5.91 Å². The molecule has 250 valence electrons. The summed E-state index contributed by atoms with van der Waals surface area (Å²) in [7, 11) is 0. The van der Waals surface area contributed by atoms with E-state index in [4.69, 9.17) is 22.6 Å². The highest BCUT2D eigenvalue weighted by atomic mass is 35.5. The molecular formula is C38H28ClN9O3. The van der Waals surface area contributed by atoms with Crippen LogP contribution in [0.15, 0.2) is 79.3 Å². The number of halogens is 1. The lowest BCUT2D eigenvalue weighted by Gasteiger charge is -2.07. The number of aromatic carboxylic acids is 1. The Hall–Kier alpha value is -7.07. The standard InChI is InChI=1S/C20H15N5O.C18H13ClN4O2/c1-13-6-8-17(12-23-13)25-14(2)18(24-20(25)19(22)26)9-7-15-4-3-5-16(10-15)11-21;1-11-3-5-14(10-21-11)23-12(2)15(22-17(23)18(24)25)6-4-13-7-8-20-16(19)9-13/h3-6,8,10,12H,1-2H3,(H2,22,26);3,5,7-10H,1-2H3,(H,24,25). The van der Waals surface area contributed by atoms with Gasteiger partial charge in [-0.25, -0.2) is 19.7 Å². The number of carbonyl (C=O) groups excluding carboxylic acids is 1. The Labute approximate surface area is 298 Å². The van der Waals surface area contributed by atoms with E-state index in [-0.39, 0.29) is 11.6 Å². The summed E-state index contributed by atoms with van der Waals surface area (Å²) in [6.07, 6.45) is 4.82. The molecular weight excluding hydrogens is 666 g/mol. The van der Waals surface area contributed by atoms with Crippen molar-refractivity contribution >= 4 is 23.5 Å². The van der Waals surface area contributed by atoms with E-state index in [0.29, 0.717) is 56.0 Å². The number of nitriles is 1. The number of primary amides is 1. The normalized spacial score (nSPS) is 10.0. The Balaban J connectivity index is 0.000000198. The number of pyridine rings is 3. The van der Waals surface area contributed by atoms with Crippen LogP contribution in [0.3, 0.4) is 0 Å². The highest BCUT2D eigenvalue weighted by molar-refractivity contribution is 6.29. The number of hydrogen-bond donors (Lipinski definition) is 2. The van der Waals surface area contributed by atoms with Crippen LogP contribution in [-0.4, -0.2) is 51.0 Å². The van der Waals surface area contributed by atoms with Gasteiger partial charge < -0.3 is 10.8 Å². The van der Waals surface area contributed by atoms with E-state index >= 15 is 0 Å². The zero-order valence-electron chi connectivity index (χ0n) is 27.8. The fraction of sp³-hybridized carbons (Fsp3) is 0.105. The first kappa shape index (κ1) is 35.2. The summed E-state index contributed by atoms with van der Waals surface area (Å²) in [5.41, 5.74) is 12.5. The molecule has 3 N–H and O–H groups in total. The smallest absolute Gasteiger partial charge is 0.372 e. The van der Waals surface area contributed by atoms with Crippen molar-refractivity contribution in [2.75, 3.05) is 0 Å². The quantitative estimate of drug-likeness (QED) is 0.183. The van der Waals surface area contributed by atoms with Crippen LogP contribution in [0.1, 0.15) is 72.1 Å². The lowest BCUT2D eigenvalue weighted by molar-refractivity contribution is 0.0681. The number of hydrogen-bond acceptors (Lipinski definition) is 8. The summed E-state index contributed by atoms with van der Waals surface area (Å²) in [5.74, 6) is 9.96. The minimum absolute atomic E-state index is 0.100. The lowest BCUT2D eigenvalue weighted by atomic mass is 10.1. The fourth-order valence-electron chi connectivity index (χ4n) is 4.77. The first-order valence-electron chi connectivity index (χ1n) is 15.2. The van der Waals surface area contributed by atoms with E-state index in [9.17, 15) is 14.7 Å². The molecule has 5 aromatic heterocycles. The molecule has 0 unspecified atom stereocenters. The number of amides is 1. The Morgan fingerprint density at radius 3 is 1.75 bits per heavy atom. The first-order chi connectivity index (χ1) is 24.4. The third-order valence-electron chi connectivity index (χ3n) is 7.30. The highest BCUT2D eigenvalue weighted by Crippen LogP contribution is 2.19. The second kappa shape index (κ2) is 15.4. The van der Waals surface area contributed by atoms with Gasteiger partial charge in [-0.3, -0.25) is 23.9 Å². The number of aromatic nitrogens is 7. The average Bonchev–Trinajstić information content (AvgIpc) is 3.63. The number of nitrogens with zero attached hydrogens (tertiary/aromatic N) is 8. The summed E-state index contributed by atoms with van der Waals surface area (Å²) >= 11 is 5.84. The Morgan fingerprint density at radius 1 is 0.725 bits per heavy atom. The maximum atomic E-state index is 11.8. The molecule has 0 radical (unpaired) electrons. The van der Waals surface area contributed by atoms with Gasteiger partial charge in [0.1, 0.15) is 16.5 Å². The maximum absolute atomic E-state index is 11.8. The molecule has 0 saturated carbocycles. The molecule has 1 amide bonds. The molecule has 12 nitrogen and oxygen atoms in total. The Kier molecular flexibility index (Phi) is 10.7. The summed E-state index contributed by atoms with van der Waals surface area (Å²) in [6, 6.07) is 19.7. The lowest BCUT2D eigenvalue weighted by Crippen LogP contribution is -2.18. The van der Waals surface area contributed by atoms with Crippen molar-refractivity contribution in [3.8, 4) is 41.1 Å². The van der Waals surface area contributed by atoms with Gasteiger partial charge in [-0.1, -0.05) is 29.5 Å². The van der Waals surface area contributed by atoms with Crippen molar-refractivity contribution in [2.24, 2.45) is 5.73 Å². The third kappa shape index (κ3) is 8.33. The molecule has 1 aromatic carbocycles. The predicted molar refractivity (Wildman–Crippen MR) is 190 cm³/mol. The molecule has 0 aliphatic rings. The minimum Gasteiger partial charge on any atom is -0.475 e. The number of carbonyl (C=O) groups is 2. The maximum Gasteiger partial charge on any atom is 0.372 e. The van der Waals surface area contributed by atoms with Crippen LogP contribution in [-0.2, 0) is 0 Å². The van der Waals surface area contributed by atoms with Crippen LogP contribution < -0.4 is 5.73 Å². The van der Waals surface area contributed by atoms with Crippen molar-refractivity contribution in [1.29, 1.82) is 5.26 Å². The highest BCUT2D eigenvalue weighted by Gasteiger charge is 2.20. The third-order valence-corrected chi connectivity index (χ3v) is 7.51. The van der Waals surface area contributed by atoms with E-state index in [0.717, 1.165) is 11.4 Å². The zero-order valence-corrected chi connectivity index (χ0v) is 28.6. The summed E-state index contributed by atoms with van der Waals surface area (Å²) in [5, 5.41) is 18.8.